The summed E-state index contributed by atoms with van der Waals surface area (Å²) in [7, 11) is 0. The second-order valence-corrected chi connectivity index (χ2v) is 8.08. The molecule has 1 aliphatic rings. The van der Waals surface area contributed by atoms with Crippen LogP contribution in [0.2, 0.25) is 0 Å². The SMILES string of the molecule is C=CC(C)(C/C=C\C)c1ccc(C(=O)N2CCC(c3cc(CN)on3)CC2)cc1F. The lowest BCUT2D eigenvalue weighted by molar-refractivity contribution is 0.0711. The van der Waals surface area contributed by atoms with Gasteiger partial charge in [0.2, 0.25) is 0 Å². The van der Waals surface area contributed by atoms with Crippen LogP contribution in [0.25, 0.3) is 0 Å². The number of piperidine rings is 1. The molecule has 0 radical (unpaired) electrons. The fraction of sp³-hybridized carbons (Fsp3) is 0.417. The van der Waals surface area contributed by atoms with Crippen LogP contribution in [0.5, 0.6) is 0 Å². The van der Waals surface area contributed by atoms with E-state index in [1.54, 1.807) is 23.1 Å². The largest absolute Gasteiger partial charge is 0.360 e. The normalized spacial score (nSPS) is 17.3. The summed E-state index contributed by atoms with van der Waals surface area (Å²) in [5.74, 6) is 0.396. The Balaban J connectivity index is 1.69. The molecule has 1 fully saturated rings. The summed E-state index contributed by atoms with van der Waals surface area (Å²) in [5.41, 5.74) is 6.87. The number of likely N-dealkylation sites (tertiary alicyclic amines) is 1. The third kappa shape index (κ3) is 4.54. The molecule has 2 aromatic rings. The summed E-state index contributed by atoms with van der Waals surface area (Å²) >= 11 is 0. The number of benzene rings is 1. The monoisotopic (exact) mass is 411 g/mol. The molecule has 6 heteroatoms. The van der Waals surface area contributed by atoms with Gasteiger partial charge >= 0.3 is 0 Å². The summed E-state index contributed by atoms with van der Waals surface area (Å²) in [6.45, 7) is 9.29. The number of hydrogen-bond acceptors (Lipinski definition) is 4. The van der Waals surface area contributed by atoms with Crippen LogP contribution >= 0.6 is 0 Å². The fourth-order valence-electron chi connectivity index (χ4n) is 3.96. The Morgan fingerprint density at radius 2 is 2.13 bits per heavy atom. The van der Waals surface area contributed by atoms with Crippen LogP contribution in [0.15, 0.2) is 53.6 Å². The molecule has 1 aliphatic heterocycles. The van der Waals surface area contributed by atoms with Crippen LogP contribution in [0.3, 0.4) is 0 Å². The maximum atomic E-state index is 14.9. The summed E-state index contributed by atoms with van der Waals surface area (Å²) in [5, 5.41) is 4.09. The molecular weight excluding hydrogens is 381 g/mol. The van der Waals surface area contributed by atoms with Gasteiger partial charge in [0.15, 0.2) is 5.76 Å². The van der Waals surface area contributed by atoms with Crippen molar-refractivity contribution < 1.29 is 13.7 Å². The highest BCUT2D eigenvalue weighted by molar-refractivity contribution is 5.94. The Labute approximate surface area is 177 Å². The van der Waals surface area contributed by atoms with E-state index >= 15 is 0 Å². The van der Waals surface area contributed by atoms with Crippen molar-refractivity contribution in [1.82, 2.24) is 10.1 Å². The van der Waals surface area contributed by atoms with Gasteiger partial charge in [-0.15, -0.1) is 6.58 Å². The summed E-state index contributed by atoms with van der Waals surface area (Å²) < 4.78 is 20.1. The molecule has 160 valence electrons. The van der Waals surface area contributed by atoms with Crippen molar-refractivity contribution in [3.8, 4) is 0 Å². The summed E-state index contributed by atoms with van der Waals surface area (Å²) in [6.07, 6.45) is 7.94. The average molecular weight is 412 g/mol. The van der Waals surface area contributed by atoms with Crippen molar-refractivity contribution in [1.29, 1.82) is 0 Å². The molecule has 30 heavy (non-hydrogen) atoms. The number of nitrogens with zero attached hydrogens (tertiary/aromatic N) is 2. The second-order valence-electron chi connectivity index (χ2n) is 8.08. The van der Waals surface area contributed by atoms with Crippen molar-refractivity contribution in [3.05, 3.63) is 77.5 Å². The number of carbonyl (C=O) groups is 1. The molecule has 1 aromatic carbocycles. The van der Waals surface area contributed by atoms with E-state index in [0.29, 0.717) is 42.9 Å². The molecule has 1 saturated heterocycles. The van der Waals surface area contributed by atoms with E-state index in [9.17, 15) is 9.18 Å². The van der Waals surface area contributed by atoms with Crippen LogP contribution in [-0.4, -0.2) is 29.1 Å². The number of carbonyl (C=O) groups excluding carboxylic acids is 1. The molecule has 2 heterocycles. The minimum Gasteiger partial charge on any atom is -0.360 e. The van der Waals surface area contributed by atoms with Gasteiger partial charge < -0.3 is 15.2 Å². The standard InChI is InChI=1S/C24H30FN3O2/c1-4-6-11-24(3,5-2)20-8-7-18(14-21(20)25)23(29)28-12-9-17(10-13-28)22-15-19(16-26)30-27-22/h4-8,14-15,17H,2,9-13,16,26H2,1,3H3/b6-4-. The van der Waals surface area contributed by atoms with Crippen LogP contribution < -0.4 is 5.73 Å². The first-order chi connectivity index (χ1) is 14.4. The number of allylic oxidation sites excluding steroid dienone is 3. The molecule has 5 nitrogen and oxygen atoms in total. The lowest BCUT2D eigenvalue weighted by Gasteiger charge is -2.31. The Morgan fingerprint density at radius 3 is 2.70 bits per heavy atom. The summed E-state index contributed by atoms with van der Waals surface area (Å²) in [4.78, 5) is 14.7. The van der Waals surface area contributed by atoms with Gasteiger partial charge in [-0.3, -0.25) is 4.79 Å². The lowest BCUT2D eigenvalue weighted by atomic mass is 9.79. The predicted octanol–water partition coefficient (Wildman–Crippen LogP) is 4.70. The minimum atomic E-state index is -0.517. The zero-order valence-electron chi connectivity index (χ0n) is 17.7. The predicted molar refractivity (Wildman–Crippen MR) is 116 cm³/mol. The van der Waals surface area contributed by atoms with Gasteiger partial charge in [-0.1, -0.05) is 36.4 Å². The Kier molecular flexibility index (Phi) is 6.87. The zero-order valence-corrected chi connectivity index (χ0v) is 17.7. The van der Waals surface area contributed by atoms with Crippen molar-refractivity contribution in [2.75, 3.05) is 13.1 Å². The molecule has 0 aliphatic carbocycles. The lowest BCUT2D eigenvalue weighted by Crippen LogP contribution is -2.38. The topological polar surface area (TPSA) is 72.4 Å². The maximum absolute atomic E-state index is 14.9. The molecule has 3 rings (SSSR count). The van der Waals surface area contributed by atoms with Gasteiger partial charge in [-0.2, -0.15) is 0 Å². The molecule has 1 amide bonds. The first-order valence-electron chi connectivity index (χ1n) is 10.4. The van der Waals surface area contributed by atoms with Crippen LogP contribution in [-0.2, 0) is 12.0 Å². The van der Waals surface area contributed by atoms with Crippen molar-refractivity contribution >= 4 is 5.91 Å². The van der Waals surface area contributed by atoms with Crippen molar-refractivity contribution in [2.45, 2.75) is 51.0 Å². The van der Waals surface area contributed by atoms with E-state index < -0.39 is 5.41 Å². The quantitative estimate of drug-likeness (QED) is 0.670. The third-order valence-corrected chi connectivity index (χ3v) is 6.04. The molecule has 0 bridgehead atoms. The Morgan fingerprint density at radius 1 is 1.40 bits per heavy atom. The Hall–Kier alpha value is -2.73. The van der Waals surface area contributed by atoms with Gasteiger partial charge in [0, 0.05) is 36.1 Å². The van der Waals surface area contributed by atoms with E-state index in [1.165, 1.54) is 6.07 Å². The van der Waals surface area contributed by atoms with Gasteiger partial charge in [0.25, 0.3) is 5.91 Å². The van der Waals surface area contributed by atoms with Crippen LogP contribution in [0, 0.1) is 5.82 Å². The average Bonchev–Trinajstić information content (AvgIpc) is 3.26. The summed E-state index contributed by atoms with van der Waals surface area (Å²) in [6, 6.07) is 6.67. The van der Waals surface area contributed by atoms with Gasteiger partial charge in [0.05, 0.1) is 12.2 Å². The smallest absolute Gasteiger partial charge is 0.253 e. The van der Waals surface area contributed by atoms with E-state index in [0.717, 1.165) is 18.5 Å². The molecule has 2 N–H and O–H groups in total. The molecule has 1 unspecified atom stereocenters. The van der Waals surface area contributed by atoms with Gasteiger partial charge in [0.1, 0.15) is 5.82 Å². The maximum Gasteiger partial charge on any atom is 0.253 e. The number of rotatable bonds is 7. The van der Waals surface area contributed by atoms with Gasteiger partial charge in [-0.05, 0) is 43.9 Å². The fourth-order valence-corrected chi connectivity index (χ4v) is 3.96. The zero-order chi connectivity index (χ0) is 21.7. The molecule has 0 saturated carbocycles. The molecular formula is C24H30FN3O2. The number of halogens is 1. The molecule has 1 atom stereocenters. The van der Waals surface area contributed by atoms with Crippen LogP contribution in [0.4, 0.5) is 4.39 Å². The number of amides is 1. The van der Waals surface area contributed by atoms with E-state index in [1.807, 2.05) is 32.1 Å². The first kappa shape index (κ1) is 22.0. The number of hydrogen-bond donors (Lipinski definition) is 1. The van der Waals surface area contributed by atoms with Crippen molar-refractivity contribution in [3.63, 3.8) is 0 Å². The third-order valence-electron chi connectivity index (χ3n) is 6.04. The number of aromatic nitrogens is 1. The molecule has 1 aromatic heterocycles. The molecule has 0 spiro atoms. The van der Waals surface area contributed by atoms with E-state index in [4.69, 9.17) is 10.3 Å². The Bertz CT molecular complexity index is 928. The van der Waals surface area contributed by atoms with Crippen molar-refractivity contribution in [2.24, 2.45) is 5.73 Å². The first-order valence-corrected chi connectivity index (χ1v) is 10.4. The highest BCUT2D eigenvalue weighted by Gasteiger charge is 2.29. The number of nitrogens with two attached hydrogens (primary N) is 1. The highest BCUT2D eigenvalue weighted by atomic mass is 19.1. The van der Waals surface area contributed by atoms with E-state index in [2.05, 4.69) is 11.7 Å². The minimum absolute atomic E-state index is 0.143. The second kappa shape index (κ2) is 9.39. The van der Waals surface area contributed by atoms with E-state index in [-0.39, 0.29) is 17.6 Å². The van der Waals surface area contributed by atoms with Gasteiger partial charge in [-0.25, -0.2) is 4.39 Å². The van der Waals surface area contributed by atoms with Crippen LogP contribution in [0.1, 0.15) is 66.4 Å². The highest BCUT2D eigenvalue weighted by Crippen LogP contribution is 2.33.